The summed E-state index contributed by atoms with van der Waals surface area (Å²) in [5.41, 5.74) is 1.56. The van der Waals surface area contributed by atoms with Crippen molar-refractivity contribution < 1.29 is 14.6 Å². The zero-order valence-electron chi connectivity index (χ0n) is 16.0. The van der Waals surface area contributed by atoms with E-state index in [1.807, 2.05) is 25.1 Å². The molecule has 3 rings (SSSR count). The van der Waals surface area contributed by atoms with Crippen LogP contribution in [0, 0.1) is 7.14 Å². The first-order chi connectivity index (χ1) is 14.8. The van der Waals surface area contributed by atoms with Gasteiger partial charge in [0.15, 0.2) is 0 Å². The molecule has 0 saturated heterocycles. The van der Waals surface area contributed by atoms with Crippen LogP contribution in [0.1, 0.15) is 23.9 Å². The number of carboxylic acids is 1. The van der Waals surface area contributed by atoms with Gasteiger partial charge in [-0.1, -0.05) is 36.2 Å². The summed E-state index contributed by atoms with van der Waals surface area (Å²) >= 11 is 17.5. The van der Waals surface area contributed by atoms with Crippen LogP contribution in [0.15, 0.2) is 40.4 Å². The average Bonchev–Trinajstić information content (AvgIpc) is 3.16. The molecule has 0 aliphatic rings. The standard InChI is InChI=1S/C20H15Cl2I2N3O3S/c1-2-17-25-20(27-26-17)31-16(19(28)29)7-10-5-14(23)18(15(24)6-10)30-9-11-3-4-12(21)8-13(11)22/h3-8H,2,9H2,1H3,(H,28,29)(H,25,26,27)/b16-7-. The fourth-order valence-electron chi connectivity index (χ4n) is 2.46. The van der Waals surface area contributed by atoms with E-state index < -0.39 is 5.97 Å². The minimum absolute atomic E-state index is 0.120. The van der Waals surface area contributed by atoms with E-state index in [2.05, 4.69) is 60.4 Å². The lowest BCUT2D eigenvalue weighted by atomic mass is 10.2. The molecule has 0 amide bonds. The molecule has 2 aromatic carbocycles. The van der Waals surface area contributed by atoms with Gasteiger partial charge < -0.3 is 9.84 Å². The van der Waals surface area contributed by atoms with Crippen molar-refractivity contribution >= 4 is 92.2 Å². The van der Waals surface area contributed by atoms with Crippen LogP contribution >= 0.6 is 80.1 Å². The number of nitrogens with one attached hydrogen (secondary N) is 1. The largest absolute Gasteiger partial charge is 0.487 e. The fourth-order valence-corrected chi connectivity index (χ4v) is 5.77. The fraction of sp³-hybridized carbons (Fsp3) is 0.150. The number of aliphatic carboxylic acids is 1. The number of hydrogen-bond acceptors (Lipinski definition) is 5. The van der Waals surface area contributed by atoms with Crippen molar-refractivity contribution in [2.45, 2.75) is 25.1 Å². The number of halogens is 4. The number of H-pyrrole nitrogens is 1. The second kappa shape index (κ2) is 11.2. The van der Waals surface area contributed by atoms with Gasteiger partial charge in [-0.15, -0.1) is 5.10 Å². The number of ether oxygens (including phenoxy) is 1. The Bertz CT molecular complexity index is 1130. The zero-order chi connectivity index (χ0) is 22.5. The first kappa shape index (κ1) is 24.6. The maximum Gasteiger partial charge on any atom is 0.342 e. The highest BCUT2D eigenvalue weighted by Gasteiger charge is 2.15. The number of carbonyl (C=O) groups is 1. The van der Waals surface area contributed by atoms with Crippen molar-refractivity contribution in [3.63, 3.8) is 0 Å². The number of thioether (sulfide) groups is 1. The Kier molecular flexibility index (Phi) is 8.91. The topological polar surface area (TPSA) is 88.1 Å². The van der Waals surface area contributed by atoms with Gasteiger partial charge in [0.2, 0.25) is 5.16 Å². The molecule has 2 N–H and O–H groups in total. The number of aromatic nitrogens is 3. The van der Waals surface area contributed by atoms with Crippen molar-refractivity contribution in [1.82, 2.24) is 15.2 Å². The Morgan fingerprint density at radius 3 is 2.55 bits per heavy atom. The van der Waals surface area contributed by atoms with Gasteiger partial charge in [-0.25, -0.2) is 9.78 Å². The second-order valence-corrected chi connectivity index (χ2v) is 10.3. The Balaban J connectivity index is 1.81. The number of nitrogens with zero attached hydrogens (tertiary/aromatic N) is 2. The monoisotopic (exact) mass is 701 g/mol. The number of aryl methyl sites for hydroxylation is 1. The Hall–Kier alpha value is -1.02. The maximum absolute atomic E-state index is 11.7. The highest BCUT2D eigenvalue weighted by Crippen LogP contribution is 2.33. The lowest BCUT2D eigenvalue weighted by Gasteiger charge is -2.13. The summed E-state index contributed by atoms with van der Waals surface area (Å²) in [6.07, 6.45) is 2.29. The van der Waals surface area contributed by atoms with Gasteiger partial charge in [0, 0.05) is 22.0 Å². The molecule has 0 aliphatic heterocycles. The minimum atomic E-state index is -1.05. The Morgan fingerprint density at radius 2 is 1.97 bits per heavy atom. The molecular weight excluding hydrogens is 687 g/mol. The van der Waals surface area contributed by atoms with E-state index in [4.69, 9.17) is 27.9 Å². The summed E-state index contributed by atoms with van der Waals surface area (Å²) in [7, 11) is 0. The smallest absolute Gasteiger partial charge is 0.342 e. The molecule has 1 aromatic heterocycles. The molecule has 0 fully saturated rings. The molecule has 0 aliphatic carbocycles. The van der Waals surface area contributed by atoms with Crippen molar-refractivity contribution in [3.8, 4) is 5.75 Å². The van der Waals surface area contributed by atoms with Crippen LogP contribution in [0.5, 0.6) is 5.75 Å². The lowest BCUT2D eigenvalue weighted by molar-refractivity contribution is -0.131. The first-order valence-corrected chi connectivity index (χ1v) is 12.6. The van der Waals surface area contributed by atoms with Gasteiger partial charge in [-0.3, -0.25) is 5.10 Å². The minimum Gasteiger partial charge on any atom is -0.487 e. The van der Waals surface area contributed by atoms with Crippen LogP contribution in [-0.2, 0) is 17.8 Å². The molecule has 3 aromatic rings. The van der Waals surface area contributed by atoms with E-state index in [0.29, 0.717) is 33.2 Å². The molecule has 0 atom stereocenters. The third kappa shape index (κ3) is 6.73. The van der Waals surface area contributed by atoms with Crippen LogP contribution in [0.2, 0.25) is 10.0 Å². The molecule has 0 unspecified atom stereocenters. The van der Waals surface area contributed by atoms with Gasteiger partial charge in [0.05, 0.1) is 7.14 Å². The number of carboxylic acid groups (broad SMARTS) is 1. The van der Waals surface area contributed by atoms with Gasteiger partial charge in [-0.05, 0) is 92.8 Å². The highest BCUT2D eigenvalue weighted by molar-refractivity contribution is 14.1. The third-order valence-corrected chi connectivity index (χ3v) is 7.03. The Morgan fingerprint density at radius 1 is 1.26 bits per heavy atom. The van der Waals surface area contributed by atoms with Gasteiger partial charge in [0.25, 0.3) is 0 Å². The molecule has 11 heteroatoms. The second-order valence-electron chi connectivity index (χ2n) is 6.17. The maximum atomic E-state index is 11.7. The summed E-state index contributed by atoms with van der Waals surface area (Å²) in [6.45, 7) is 2.23. The van der Waals surface area contributed by atoms with Crippen LogP contribution in [0.4, 0.5) is 0 Å². The van der Waals surface area contributed by atoms with Crippen molar-refractivity contribution in [2.24, 2.45) is 0 Å². The van der Waals surface area contributed by atoms with Crippen molar-refractivity contribution in [1.29, 1.82) is 0 Å². The van der Waals surface area contributed by atoms with E-state index in [0.717, 1.165) is 30.0 Å². The molecule has 0 saturated carbocycles. The van der Waals surface area contributed by atoms with Crippen LogP contribution in [0.25, 0.3) is 6.08 Å². The SMILES string of the molecule is CCc1nc(S/C(=C\c2cc(I)c(OCc3ccc(Cl)cc3Cl)c(I)c2)C(=O)O)n[nH]1. The predicted octanol–water partition coefficient (Wildman–Crippen LogP) is 6.68. The molecule has 0 spiro atoms. The zero-order valence-corrected chi connectivity index (χ0v) is 22.6. The van der Waals surface area contributed by atoms with Crippen molar-refractivity contribution in [2.75, 3.05) is 0 Å². The number of hydrogen-bond donors (Lipinski definition) is 2. The van der Waals surface area contributed by atoms with Gasteiger partial charge >= 0.3 is 5.97 Å². The van der Waals surface area contributed by atoms with Gasteiger partial charge in [0.1, 0.15) is 23.1 Å². The van der Waals surface area contributed by atoms with Gasteiger partial charge in [-0.2, -0.15) is 0 Å². The molecule has 1 heterocycles. The summed E-state index contributed by atoms with van der Waals surface area (Å²) in [5, 5.41) is 17.9. The lowest BCUT2D eigenvalue weighted by Crippen LogP contribution is -2.01. The first-order valence-electron chi connectivity index (χ1n) is 8.86. The number of aromatic amines is 1. The van der Waals surface area contributed by atoms with E-state index in [9.17, 15) is 9.90 Å². The number of benzene rings is 2. The molecule has 6 nitrogen and oxygen atoms in total. The summed E-state index contributed by atoms with van der Waals surface area (Å²) in [5.74, 6) is 0.365. The van der Waals surface area contributed by atoms with E-state index >= 15 is 0 Å². The third-order valence-electron chi connectivity index (χ3n) is 3.96. The molecule has 162 valence electrons. The summed E-state index contributed by atoms with van der Waals surface area (Å²) in [4.78, 5) is 16.1. The predicted molar refractivity (Wildman–Crippen MR) is 140 cm³/mol. The van der Waals surface area contributed by atoms with Crippen LogP contribution in [0.3, 0.4) is 0 Å². The van der Waals surface area contributed by atoms with Crippen LogP contribution < -0.4 is 4.74 Å². The normalized spacial score (nSPS) is 11.6. The molecular formula is C20H15Cl2I2N3O3S. The average molecular weight is 702 g/mol. The van der Waals surface area contributed by atoms with E-state index in [1.165, 1.54) is 0 Å². The van der Waals surface area contributed by atoms with E-state index in [1.54, 1.807) is 18.2 Å². The molecule has 31 heavy (non-hydrogen) atoms. The van der Waals surface area contributed by atoms with Crippen LogP contribution in [-0.4, -0.2) is 26.3 Å². The van der Waals surface area contributed by atoms with E-state index in [-0.39, 0.29) is 11.5 Å². The summed E-state index contributed by atoms with van der Waals surface area (Å²) in [6, 6.07) is 8.99. The highest BCUT2D eigenvalue weighted by atomic mass is 127. The van der Waals surface area contributed by atoms with Crippen molar-refractivity contribution in [3.05, 3.63) is 69.4 Å². The summed E-state index contributed by atoms with van der Waals surface area (Å²) < 4.78 is 7.68. The molecule has 0 bridgehead atoms. The number of rotatable bonds is 8. The molecule has 0 radical (unpaired) electrons. The quantitative estimate of drug-likeness (QED) is 0.155. The Labute approximate surface area is 220 Å².